The summed E-state index contributed by atoms with van der Waals surface area (Å²) in [7, 11) is 0. The molecule has 2 aliphatic heterocycles. The monoisotopic (exact) mass is 450 g/mol. The van der Waals surface area contributed by atoms with Gasteiger partial charge in [0.1, 0.15) is 0 Å². The molecule has 1 amide bonds. The van der Waals surface area contributed by atoms with Gasteiger partial charge >= 0.3 is 0 Å². The van der Waals surface area contributed by atoms with E-state index in [9.17, 15) is 4.79 Å². The zero-order valence-corrected chi connectivity index (χ0v) is 19.4. The van der Waals surface area contributed by atoms with Crippen molar-refractivity contribution in [3.05, 3.63) is 11.4 Å². The Balaban J connectivity index is 0.00000210. The third kappa shape index (κ3) is 6.52. The van der Waals surface area contributed by atoms with Crippen LogP contribution in [0.5, 0.6) is 0 Å². The van der Waals surface area contributed by atoms with Crippen LogP contribution in [0.3, 0.4) is 0 Å². The molecule has 1 unspecified atom stereocenters. The van der Waals surface area contributed by atoms with Crippen molar-refractivity contribution in [3.63, 3.8) is 0 Å². The number of carbonyl (C=O) groups is 1. The molecule has 0 spiro atoms. The number of halogens is 2. The highest BCUT2D eigenvalue weighted by molar-refractivity contribution is 5.93. The van der Waals surface area contributed by atoms with Gasteiger partial charge in [-0.1, -0.05) is 19.1 Å². The lowest BCUT2D eigenvalue weighted by Crippen LogP contribution is -2.33. The third-order valence-electron chi connectivity index (χ3n) is 5.87. The SMILES string of the molecule is CCN(CC)CCOC1CCN(C(=O)c2nnn(C3CCNCC3)c2C)C1.Cl.Cl. The molecule has 3 heterocycles. The Bertz CT molecular complexity index is 620. The molecule has 2 saturated heterocycles. The number of hydrogen-bond acceptors (Lipinski definition) is 6. The average Bonchev–Trinajstić information content (AvgIpc) is 3.32. The van der Waals surface area contributed by atoms with Crippen molar-refractivity contribution in [2.24, 2.45) is 0 Å². The van der Waals surface area contributed by atoms with Crippen LogP contribution in [0.1, 0.15) is 55.3 Å². The van der Waals surface area contributed by atoms with Crippen LogP contribution in [0, 0.1) is 6.92 Å². The van der Waals surface area contributed by atoms with Gasteiger partial charge in [0.25, 0.3) is 5.91 Å². The Hall–Kier alpha value is -0.930. The van der Waals surface area contributed by atoms with Crippen molar-refractivity contribution in [3.8, 4) is 0 Å². The summed E-state index contributed by atoms with van der Waals surface area (Å²) in [6.45, 7) is 13.4. The molecule has 8 nitrogen and oxygen atoms in total. The second kappa shape index (κ2) is 12.7. The van der Waals surface area contributed by atoms with Crippen LogP contribution in [0.4, 0.5) is 0 Å². The molecule has 0 bridgehead atoms. The first kappa shape index (κ1) is 26.1. The molecule has 0 saturated carbocycles. The third-order valence-corrected chi connectivity index (χ3v) is 5.87. The lowest BCUT2D eigenvalue weighted by atomic mass is 10.1. The van der Waals surface area contributed by atoms with E-state index in [4.69, 9.17) is 4.74 Å². The van der Waals surface area contributed by atoms with E-state index >= 15 is 0 Å². The minimum Gasteiger partial charge on any atom is -0.375 e. The summed E-state index contributed by atoms with van der Waals surface area (Å²) in [6, 6.07) is 0.343. The van der Waals surface area contributed by atoms with Crippen molar-refractivity contribution in [1.29, 1.82) is 0 Å². The summed E-state index contributed by atoms with van der Waals surface area (Å²) in [6.07, 6.45) is 3.09. The fraction of sp³-hybridized carbons (Fsp3) is 0.842. The predicted molar refractivity (Wildman–Crippen MR) is 118 cm³/mol. The second-order valence-corrected chi connectivity index (χ2v) is 7.51. The van der Waals surface area contributed by atoms with Crippen LogP contribution in [-0.4, -0.2) is 89.2 Å². The molecule has 29 heavy (non-hydrogen) atoms. The van der Waals surface area contributed by atoms with Gasteiger partial charge in [0, 0.05) is 19.6 Å². The van der Waals surface area contributed by atoms with Gasteiger partial charge in [0.15, 0.2) is 5.69 Å². The number of ether oxygens (including phenoxy) is 1. The van der Waals surface area contributed by atoms with Crippen LogP contribution in [0.2, 0.25) is 0 Å². The van der Waals surface area contributed by atoms with Gasteiger partial charge in [0.05, 0.1) is 24.4 Å². The van der Waals surface area contributed by atoms with Crippen molar-refractivity contribution < 1.29 is 9.53 Å². The Labute approximate surface area is 186 Å². The number of hydrogen-bond donors (Lipinski definition) is 1. The van der Waals surface area contributed by atoms with Crippen molar-refractivity contribution in [2.45, 2.75) is 52.2 Å². The second-order valence-electron chi connectivity index (χ2n) is 7.51. The molecule has 2 fully saturated rings. The molecule has 2 aliphatic rings. The maximum absolute atomic E-state index is 12.9. The molecule has 168 valence electrons. The van der Waals surface area contributed by atoms with Crippen molar-refractivity contribution in [1.82, 2.24) is 30.1 Å². The highest BCUT2D eigenvalue weighted by Gasteiger charge is 2.31. The number of nitrogens with zero attached hydrogens (tertiary/aromatic N) is 5. The van der Waals surface area contributed by atoms with Gasteiger partial charge in [0.2, 0.25) is 0 Å². The zero-order chi connectivity index (χ0) is 19.2. The highest BCUT2D eigenvalue weighted by Crippen LogP contribution is 2.22. The highest BCUT2D eigenvalue weighted by atomic mass is 35.5. The van der Waals surface area contributed by atoms with Crippen LogP contribution in [0.15, 0.2) is 0 Å². The summed E-state index contributed by atoms with van der Waals surface area (Å²) in [5, 5.41) is 11.9. The van der Waals surface area contributed by atoms with Crippen molar-refractivity contribution >= 4 is 30.7 Å². The Morgan fingerprint density at radius 1 is 1.21 bits per heavy atom. The van der Waals surface area contributed by atoms with Gasteiger partial charge in [-0.05, 0) is 52.4 Å². The fourth-order valence-electron chi connectivity index (χ4n) is 4.02. The van der Waals surface area contributed by atoms with E-state index in [2.05, 4.69) is 34.4 Å². The summed E-state index contributed by atoms with van der Waals surface area (Å²) in [4.78, 5) is 17.1. The summed E-state index contributed by atoms with van der Waals surface area (Å²) in [5.41, 5.74) is 1.38. The number of nitrogens with one attached hydrogen (secondary N) is 1. The lowest BCUT2D eigenvalue weighted by Gasteiger charge is -2.23. The molecule has 3 rings (SSSR count). The Kier molecular flexibility index (Phi) is 11.4. The Morgan fingerprint density at radius 2 is 1.90 bits per heavy atom. The number of likely N-dealkylation sites (N-methyl/N-ethyl adjacent to an activating group) is 1. The van der Waals surface area contributed by atoms with E-state index in [0.717, 1.165) is 70.8 Å². The molecule has 1 N–H and O–H groups in total. The number of rotatable bonds is 8. The summed E-state index contributed by atoms with van der Waals surface area (Å²) < 4.78 is 7.95. The predicted octanol–water partition coefficient (Wildman–Crippen LogP) is 1.93. The Morgan fingerprint density at radius 3 is 2.55 bits per heavy atom. The summed E-state index contributed by atoms with van der Waals surface area (Å²) >= 11 is 0. The lowest BCUT2D eigenvalue weighted by molar-refractivity contribution is 0.0419. The molecule has 1 aromatic rings. The maximum Gasteiger partial charge on any atom is 0.276 e. The zero-order valence-electron chi connectivity index (χ0n) is 17.8. The van der Waals surface area contributed by atoms with E-state index in [1.165, 1.54) is 0 Å². The molecular formula is C19H36Cl2N6O2. The van der Waals surface area contributed by atoms with Crippen LogP contribution in [-0.2, 0) is 4.74 Å². The number of carbonyl (C=O) groups excluding carboxylic acids is 1. The van der Waals surface area contributed by atoms with E-state index < -0.39 is 0 Å². The van der Waals surface area contributed by atoms with Gasteiger partial charge in [-0.3, -0.25) is 4.79 Å². The topological polar surface area (TPSA) is 75.5 Å². The smallest absolute Gasteiger partial charge is 0.276 e. The first-order valence-electron chi connectivity index (χ1n) is 10.4. The van der Waals surface area contributed by atoms with E-state index in [1.807, 2.05) is 16.5 Å². The number of amides is 1. The molecular weight excluding hydrogens is 415 g/mol. The summed E-state index contributed by atoms with van der Waals surface area (Å²) in [5.74, 6) is -0.0115. The van der Waals surface area contributed by atoms with Gasteiger partial charge in [-0.15, -0.1) is 29.9 Å². The van der Waals surface area contributed by atoms with E-state index in [-0.39, 0.29) is 36.8 Å². The molecule has 1 aromatic heterocycles. The normalized spacial score (nSPS) is 19.9. The van der Waals surface area contributed by atoms with E-state index in [1.54, 1.807) is 0 Å². The van der Waals surface area contributed by atoms with Gasteiger partial charge < -0.3 is 19.9 Å². The first-order chi connectivity index (χ1) is 13.1. The van der Waals surface area contributed by atoms with E-state index in [0.29, 0.717) is 18.3 Å². The van der Waals surface area contributed by atoms with Crippen LogP contribution < -0.4 is 5.32 Å². The van der Waals surface area contributed by atoms with Crippen LogP contribution >= 0.6 is 24.8 Å². The maximum atomic E-state index is 12.9. The minimum atomic E-state index is -0.0115. The number of likely N-dealkylation sites (tertiary alicyclic amines) is 1. The minimum absolute atomic E-state index is 0. The standard InChI is InChI=1S/C19H34N6O2.2ClH/c1-4-23(5-2)12-13-27-17-8-11-24(14-17)19(26)18-15(3)25(22-21-18)16-6-9-20-10-7-16;;/h16-17,20H,4-14H2,1-3H3;2*1H. The van der Waals surface area contributed by atoms with Gasteiger partial charge in [-0.2, -0.15) is 0 Å². The average molecular weight is 451 g/mol. The fourth-order valence-corrected chi connectivity index (χ4v) is 4.02. The number of aromatic nitrogens is 3. The largest absolute Gasteiger partial charge is 0.375 e. The molecule has 0 aromatic carbocycles. The van der Waals surface area contributed by atoms with Crippen LogP contribution in [0.25, 0.3) is 0 Å². The van der Waals surface area contributed by atoms with Crippen molar-refractivity contribution in [2.75, 3.05) is 52.4 Å². The molecule has 1 atom stereocenters. The van der Waals surface area contributed by atoms with Gasteiger partial charge in [-0.25, -0.2) is 4.68 Å². The molecule has 10 heteroatoms. The first-order valence-corrected chi connectivity index (χ1v) is 10.4. The number of piperidine rings is 1. The molecule has 0 aliphatic carbocycles. The quantitative estimate of drug-likeness (QED) is 0.651. The molecule has 0 radical (unpaired) electrons.